The highest BCUT2D eigenvalue weighted by molar-refractivity contribution is 5.94. The number of rotatable bonds is 2. The van der Waals surface area contributed by atoms with E-state index in [4.69, 9.17) is 0 Å². The fraction of sp³-hybridized carbons (Fsp3) is 0.500. The lowest BCUT2D eigenvalue weighted by Gasteiger charge is -2.22. The fourth-order valence-electron chi connectivity index (χ4n) is 1.67. The Bertz CT molecular complexity index is 321. The summed E-state index contributed by atoms with van der Waals surface area (Å²) >= 11 is 0. The zero-order valence-electron chi connectivity index (χ0n) is 8.44. The van der Waals surface area contributed by atoms with Crippen LogP contribution in [0.4, 0.5) is 5.69 Å². The lowest BCUT2D eigenvalue weighted by molar-refractivity contribution is -0.118. The summed E-state index contributed by atoms with van der Waals surface area (Å²) in [7, 11) is 0. The van der Waals surface area contributed by atoms with Gasteiger partial charge in [0.25, 0.3) is 0 Å². The van der Waals surface area contributed by atoms with E-state index in [-0.39, 0.29) is 11.9 Å². The van der Waals surface area contributed by atoms with Crippen LogP contribution in [0.3, 0.4) is 0 Å². The molecule has 1 aromatic heterocycles. The van der Waals surface area contributed by atoms with Gasteiger partial charge in [-0.05, 0) is 19.4 Å². The highest BCUT2D eigenvalue weighted by Crippen LogP contribution is 2.09. The second-order valence-corrected chi connectivity index (χ2v) is 3.62. The summed E-state index contributed by atoms with van der Waals surface area (Å²) in [5.41, 5.74) is 0.648. The van der Waals surface area contributed by atoms with Crippen LogP contribution in [0.15, 0.2) is 18.7 Å². The third-order valence-corrected chi connectivity index (χ3v) is 2.45. The molecule has 15 heavy (non-hydrogen) atoms. The van der Waals surface area contributed by atoms with Crippen LogP contribution in [0.25, 0.3) is 0 Å². The van der Waals surface area contributed by atoms with Gasteiger partial charge in [0, 0.05) is 0 Å². The molecule has 0 unspecified atom stereocenters. The number of carbonyl (C=O) groups is 1. The summed E-state index contributed by atoms with van der Waals surface area (Å²) < 4.78 is 0. The van der Waals surface area contributed by atoms with Crippen molar-refractivity contribution in [3.05, 3.63) is 18.7 Å². The van der Waals surface area contributed by atoms with Gasteiger partial charge in [0.15, 0.2) is 0 Å². The van der Waals surface area contributed by atoms with Crippen LogP contribution in [0, 0.1) is 0 Å². The predicted molar refractivity (Wildman–Crippen MR) is 56.3 cm³/mol. The summed E-state index contributed by atoms with van der Waals surface area (Å²) in [6.45, 7) is 0.920. The first-order valence-electron chi connectivity index (χ1n) is 5.15. The highest BCUT2D eigenvalue weighted by atomic mass is 16.2. The minimum absolute atomic E-state index is 0.00417. The lowest BCUT2D eigenvalue weighted by Crippen LogP contribution is -2.43. The topological polar surface area (TPSA) is 66.9 Å². The minimum Gasteiger partial charge on any atom is -0.322 e. The first-order valence-corrected chi connectivity index (χ1v) is 5.15. The molecule has 1 aromatic rings. The van der Waals surface area contributed by atoms with Gasteiger partial charge in [-0.1, -0.05) is 6.42 Å². The van der Waals surface area contributed by atoms with E-state index in [0.717, 1.165) is 25.8 Å². The van der Waals surface area contributed by atoms with E-state index in [1.165, 1.54) is 6.33 Å². The van der Waals surface area contributed by atoms with E-state index in [1.807, 2.05) is 0 Å². The first kappa shape index (κ1) is 10.0. The Morgan fingerprint density at radius 3 is 2.87 bits per heavy atom. The minimum atomic E-state index is -0.0704. The third kappa shape index (κ3) is 2.73. The van der Waals surface area contributed by atoms with Crippen molar-refractivity contribution in [3.8, 4) is 0 Å². The number of hydrogen-bond donors (Lipinski definition) is 2. The maximum atomic E-state index is 11.7. The van der Waals surface area contributed by atoms with Crippen molar-refractivity contribution in [3.63, 3.8) is 0 Å². The number of hydrogen-bond acceptors (Lipinski definition) is 4. The van der Waals surface area contributed by atoms with Crippen LogP contribution in [-0.4, -0.2) is 28.5 Å². The summed E-state index contributed by atoms with van der Waals surface area (Å²) in [5, 5.41) is 5.97. The Kier molecular flexibility index (Phi) is 3.24. The Morgan fingerprint density at radius 1 is 1.40 bits per heavy atom. The molecule has 2 rings (SSSR count). The van der Waals surface area contributed by atoms with Crippen molar-refractivity contribution in [2.45, 2.75) is 25.3 Å². The molecule has 5 heteroatoms. The maximum absolute atomic E-state index is 11.7. The smallest absolute Gasteiger partial charge is 0.241 e. The van der Waals surface area contributed by atoms with E-state index in [9.17, 15) is 4.79 Å². The summed E-state index contributed by atoms with van der Waals surface area (Å²) in [6.07, 6.45) is 7.78. The van der Waals surface area contributed by atoms with Crippen molar-refractivity contribution in [2.24, 2.45) is 0 Å². The molecule has 1 amide bonds. The van der Waals surface area contributed by atoms with Crippen molar-refractivity contribution in [2.75, 3.05) is 11.9 Å². The summed E-state index contributed by atoms with van der Waals surface area (Å²) in [6, 6.07) is -0.0704. The maximum Gasteiger partial charge on any atom is 0.241 e. The molecule has 0 spiro atoms. The van der Waals surface area contributed by atoms with Gasteiger partial charge in [0.1, 0.15) is 6.33 Å². The second kappa shape index (κ2) is 4.84. The molecule has 80 valence electrons. The quantitative estimate of drug-likeness (QED) is 0.742. The number of amides is 1. The largest absolute Gasteiger partial charge is 0.322 e. The number of nitrogens with zero attached hydrogens (tertiary/aromatic N) is 2. The summed E-state index contributed by atoms with van der Waals surface area (Å²) in [5.74, 6) is 0.00417. The van der Waals surface area contributed by atoms with Crippen molar-refractivity contribution in [1.29, 1.82) is 0 Å². The van der Waals surface area contributed by atoms with Crippen LogP contribution in [0.1, 0.15) is 19.3 Å². The van der Waals surface area contributed by atoms with Crippen molar-refractivity contribution >= 4 is 11.6 Å². The van der Waals surface area contributed by atoms with E-state index in [0.29, 0.717) is 5.69 Å². The van der Waals surface area contributed by atoms with Gasteiger partial charge in [-0.3, -0.25) is 4.79 Å². The van der Waals surface area contributed by atoms with Gasteiger partial charge in [0.05, 0.1) is 24.1 Å². The third-order valence-electron chi connectivity index (χ3n) is 2.45. The number of nitrogens with one attached hydrogen (secondary N) is 2. The van der Waals surface area contributed by atoms with E-state index >= 15 is 0 Å². The Morgan fingerprint density at radius 2 is 2.20 bits per heavy atom. The van der Waals surface area contributed by atoms with Gasteiger partial charge in [-0.15, -0.1) is 0 Å². The fourth-order valence-corrected chi connectivity index (χ4v) is 1.67. The molecule has 1 aliphatic rings. The van der Waals surface area contributed by atoms with Crippen molar-refractivity contribution in [1.82, 2.24) is 15.3 Å². The summed E-state index contributed by atoms with van der Waals surface area (Å²) in [4.78, 5) is 19.4. The molecule has 0 radical (unpaired) electrons. The van der Waals surface area contributed by atoms with Gasteiger partial charge in [0.2, 0.25) is 5.91 Å². The first-order chi connectivity index (χ1) is 7.36. The van der Waals surface area contributed by atoms with E-state index in [1.54, 1.807) is 12.4 Å². The predicted octanol–water partition coefficient (Wildman–Crippen LogP) is 0.557. The van der Waals surface area contributed by atoms with Crippen LogP contribution in [-0.2, 0) is 4.79 Å². The molecule has 1 saturated heterocycles. The number of anilines is 1. The normalized spacial score (nSPS) is 20.9. The van der Waals surface area contributed by atoms with Crippen LogP contribution in [0.5, 0.6) is 0 Å². The number of piperidine rings is 1. The highest BCUT2D eigenvalue weighted by Gasteiger charge is 2.20. The molecule has 0 aromatic carbocycles. The zero-order chi connectivity index (χ0) is 10.5. The SMILES string of the molecule is O=C(Nc1cncnc1)[C@H]1CCCCN1. The number of carbonyl (C=O) groups excluding carboxylic acids is 1. The van der Waals surface area contributed by atoms with Gasteiger partial charge < -0.3 is 10.6 Å². The molecule has 0 aliphatic carbocycles. The Balaban J connectivity index is 1.91. The van der Waals surface area contributed by atoms with E-state index in [2.05, 4.69) is 20.6 Å². The van der Waals surface area contributed by atoms with E-state index < -0.39 is 0 Å². The van der Waals surface area contributed by atoms with Gasteiger partial charge in [-0.2, -0.15) is 0 Å². The monoisotopic (exact) mass is 206 g/mol. The zero-order valence-corrected chi connectivity index (χ0v) is 8.44. The molecule has 1 aliphatic heterocycles. The number of aromatic nitrogens is 2. The molecule has 5 nitrogen and oxygen atoms in total. The van der Waals surface area contributed by atoms with Gasteiger partial charge in [-0.25, -0.2) is 9.97 Å². The second-order valence-electron chi connectivity index (χ2n) is 3.62. The molecule has 2 N–H and O–H groups in total. The molecule has 1 atom stereocenters. The molecular weight excluding hydrogens is 192 g/mol. The molecule has 2 heterocycles. The average Bonchev–Trinajstić information content (AvgIpc) is 2.31. The van der Waals surface area contributed by atoms with Crippen LogP contribution < -0.4 is 10.6 Å². The van der Waals surface area contributed by atoms with Crippen LogP contribution in [0.2, 0.25) is 0 Å². The van der Waals surface area contributed by atoms with Gasteiger partial charge >= 0.3 is 0 Å². The molecular formula is C10H14N4O. The standard InChI is InChI=1S/C10H14N4O/c15-10(9-3-1-2-4-13-9)14-8-5-11-7-12-6-8/h5-7,9,13H,1-4H2,(H,14,15)/t9-/m1/s1. The van der Waals surface area contributed by atoms with Crippen LogP contribution >= 0.6 is 0 Å². The average molecular weight is 206 g/mol. The van der Waals surface area contributed by atoms with Crippen molar-refractivity contribution < 1.29 is 4.79 Å². The Hall–Kier alpha value is -1.49. The molecule has 1 fully saturated rings. The molecule has 0 bridgehead atoms. The Labute approximate surface area is 88.3 Å². The molecule has 0 saturated carbocycles. The lowest BCUT2D eigenvalue weighted by atomic mass is 10.0.